The normalized spacial score (nSPS) is 11.6. The molecule has 0 saturated carbocycles. The predicted molar refractivity (Wildman–Crippen MR) is 120 cm³/mol. The monoisotopic (exact) mass is 443 g/mol. The lowest BCUT2D eigenvalue weighted by molar-refractivity contribution is 0.243. The highest BCUT2D eigenvalue weighted by Crippen LogP contribution is 2.41. The van der Waals surface area contributed by atoms with Crippen LogP contribution >= 0.6 is 27.3 Å². The molecule has 0 saturated heterocycles. The molecule has 1 heterocycles. The molecule has 1 aromatic heterocycles. The molecule has 3 aromatic rings. The van der Waals surface area contributed by atoms with Gasteiger partial charge in [0.2, 0.25) is 0 Å². The van der Waals surface area contributed by atoms with Crippen molar-refractivity contribution in [3.63, 3.8) is 0 Å². The topological polar surface area (TPSA) is 22.1 Å². The van der Waals surface area contributed by atoms with Crippen LogP contribution < -0.4 is 4.74 Å². The van der Waals surface area contributed by atoms with Crippen LogP contribution in [0.2, 0.25) is 0 Å². The fourth-order valence-corrected chi connectivity index (χ4v) is 4.51. The minimum atomic E-state index is 0.273. The van der Waals surface area contributed by atoms with Gasteiger partial charge < -0.3 is 4.74 Å². The molecule has 0 radical (unpaired) electrons. The van der Waals surface area contributed by atoms with E-state index < -0.39 is 0 Å². The van der Waals surface area contributed by atoms with Gasteiger partial charge >= 0.3 is 0 Å². The Kier molecular flexibility index (Phi) is 6.07. The number of hydrogen-bond acceptors (Lipinski definition) is 3. The van der Waals surface area contributed by atoms with E-state index in [1.165, 1.54) is 21.6 Å². The maximum atomic E-state index is 6.02. The first-order valence-corrected chi connectivity index (χ1v) is 10.8. The first-order chi connectivity index (χ1) is 12.7. The summed E-state index contributed by atoms with van der Waals surface area (Å²) in [4.78, 5) is 5.96. The van der Waals surface area contributed by atoms with Crippen molar-refractivity contribution < 1.29 is 4.74 Å². The van der Waals surface area contributed by atoms with Gasteiger partial charge in [0.1, 0.15) is 5.75 Å². The second kappa shape index (κ2) is 8.15. The third-order valence-corrected chi connectivity index (χ3v) is 6.09. The van der Waals surface area contributed by atoms with Crippen molar-refractivity contribution in [2.24, 2.45) is 5.41 Å². The summed E-state index contributed by atoms with van der Waals surface area (Å²) in [6.07, 6.45) is 1.02. The minimum absolute atomic E-state index is 0.273. The quantitative estimate of drug-likeness (QED) is 0.403. The van der Waals surface area contributed by atoms with E-state index in [1.54, 1.807) is 11.3 Å². The Labute approximate surface area is 174 Å². The van der Waals surface area contributed by atoms with E-state index in [9.17, 15) is 0 Å². The number of halogens is 1. The van der Waals surface area contributed by atoms with Gasteiger partial charge in [-0.1, -0.05) is 51.1 Å². The summed E-state index contributed by atoms with van der Waals surface area (Å²) in [7, 11) is 0. The first kappa shape index (κ1) is 20.1. The number of ether oxygens (including phenoxy) is 1. The van der Waals surface area contributed by atoms with Crippen LogP contribution in [0.15, 0.2) is 46.4 Å². The zero-order valence-electron chi connectivity index (χ0n) is 16.6. The maximum Gasteiger partial charge on any atom is 0.160 e. The van der Waals surface area contributed by atoms with E-state index in [2.05, 4.69) is 86.9 Å². The van der Waals surface area contributed by atoms with Crippen LogP contribution in [0.1, 0.15) is 38.3 Å². The Morgan fingerprint density at radius 1 is 1.04 bits per heavy atom. The summed E-state index contributed by atoms with van der Waals surface area (Å²) in [5, 5.41) is 0. The first-order valence-electron chi connectivity index (χ1n) is 9.21. The second-order valence-electron chi connectivity index (χ2n) is 8.10. The van der Waals surface area contributed by atoms with Crippen LogP contribution in [0, 0.1) is 19.3 Å². The Bertz CT molecular complexity index is 920. The molecule has 0 aliphatic rings. The predicted octanol–water partition coefficient (Wildman–Crippen LogP) is 7.67. The highest BCUT2D eigenvalue weighted by molar-refractivity contribution is 9.11. The zero-order valence-corrected chi connectivity index (χ0v) is 19.0. The Balaban J connectivity index is 1.95. The van der Waals surface area contributed by atoms with Gasteiger partial charge in [-0.25, -0.2) is 4.98 Å². The van der Waals surface area contributed by atoms with Crippen LogP contribution in [0.3, 0.4) is 0 Å². The number of hydrogen-bond donors (Lipinski definition) is 0. The second-order valence-corrected chi connectivity index (χ2v) is 10.4. The summed E-state index contributed by atoms with van der Waals surface area (Å²) in [5.41, 5.74) is 6.15. The summed E-state index contributed by atoms with van der Waals surface area (Å²) >= 11 is 5.25. The van der Waals surface area contributed by atoms with Crippen LogP contribution in [-0.2, 0) is 0 Å². The fourth-order valence-electron chi connectivity index (χ4n) is 3.05. The van der Waals surface area contributed by atoms with Crippen molar-refractivity contribution in [2.45, 2.75) is 41.0 Å². The van der Waals surface area contributed by atoms with Crippen molar-refractivity contribution in [1.82, 2.24) is 4.98 Å². The molecule has 0 fully saturated rings. The summed E-state index contributed by atoms with van der Waals surface area (Å²) in [6, 6.07) is 14.7. The lowest BCUT2D eigenvalue weighted by Gasteiger charge is -2.18. The van der Waals surface area contributed by atoms with Gasteiger partial charge in [0.25, 0.3) is 0 Å². The van der Waals surface area contributed by atoms with E-state index in [0.29, 0.717) is 0 Å². The molecule has 3 rings (SSSR count). The van der Waals surface area contributed by atoms with Crippen LogP contribution in [-0.4, -0.2) is 11.6 Å². The Morgan fingerprint density at radius 2 is 1.70 bits per heavy atom. The highest BCUT2D eigenvalue weighted by atomic mass is 79.9. The van der Waals surface area contributed by atoms with Gasteiger partial charge in [-0.3, -0.25) is 0 Å². The molecule has 2 nitrogen and oxygen atoms in total. The van der Waals surface area contributed by atoms with Gasteiger partial charge in [-0.05, 0) is 70.4 Å². The molecule has 27 heavy (non-hydrogen) atoms. The summed E-state index contributed by atoms with van der Waals surface area (Å²) in [5.74, 6) is 0.911. The molecule has 0 spiro atoms. The summed E-state index contributed by atoms with van der Waals surface area (Å²) < 4.78 is 6.91. The lowest BCUT2D eigenvalue weighted by atomic mass is 9.93. The lowest BCUT2D eigenvalue weighted by Crippen LogP contribution is -2.11. The maximum absolute atomic E-state index is 6.02. The number of benzene rings is 2. The standard InChI is InChI=1S/C23H26BrNOS/c1-15-8-6-9-16(2)19(15)20-21(27-22(24)25-20)17-10-7-11-18(14-17)26-13-12-23(3,4)5/h6-11,14H,12-13H2,1-5H3. The van der Waals surface area contributed by atoms with Crippen molar-refractivity contribution in [2.75, 3.05) is 6.61 Å². The Hall–Kier alpha value is -1.65. The molecule has 0 aliphatic heterocycles. The third-order valence-electron chi connectivity index (χ3n) is 4.54. The van der Waals surface area contributed by atoms with Crippen LogP contribution in [0.4, 0.5) is 0 Å². The van der Waals surface area contributed by atoms with E-state index in [1.807, 2.05) is 6.07 Å². The molecule has 0 N–H and O–H groups in total. The minimum Gasteiger partial charge on any atom is -0.494 e. The van der Waals surface area contributed by atoms with Crippen LogP contribution in [0.5, 0.6) is 5.75 Å². The van der Waals surface area contributed by atoms with Gasteiger partial charge in [-0.15, -0.1) is 11.3 Å². The average molecular weight is 444 g/mol. The van der Waals surface area contributed by atoms with Crippen molar-refractivity contribution in [1.29, 1.82) is 0 Å². The van der Waals surface area contributed by atoms with Crippen molar-refractivity contribution >= 4 is 27.3 Å². The molecule has 0 amide bonds. The number of aryl methyl sites for hydroxylation is 2. The molecular formula is C23H26BrNOS. The van der Waals surface area contributed by atoms with Gasteiger partial charge in [0.15, 0.2) is 3.92 Å². The average Bonchev–Trinajstić information content (AvgIpc) is 2.95. The molecule has 2 aromatic carbocycles. The van der Waals surface area contributed by atoms with E-state index in [0.717, 1.165) is 34.0 Å². The zero-order chi connectivity index (χ0) is 19.6. The largest absolute Gasteiger partial charge is 0.494 e. The fraction of sp³-hybridized carbons (Fsp3) is 0.348. The molecule has 0 atom stereocenters. The van der Waals surface area contributed by atoms with Gasteiger partial charge in [-0.2, -0.15) is 0 Å². The van der Waals surface area contributed by atoms with E-state index in [4.69, 9.17) is 9.72 Å². The number of nitrogens with zero attached hydrogens (tertiary/aromatic N) is 1. The van der Waals surface area contributed by atoms with Crippen LogP contribution in [0.25, 0.3) is 21.7 Å². The molecule has 4 heteroatoms. The Morgan fingerprint density at radius 3 is 2.37 bits per heavy atom. The van der Waals surface area contributed by atoms with E-state index in [-0.39, 0.29) is 5.41 Å². The number of aromatic nitrogens is 1. The smallest absolute Gasteiger partial charge is 0.160 e. The molecule has 0 bridgehead atoms. The van der Waals surface area contributed by atoms with E-state index >= 15 is 0 Å². The highest BCUT2D eigenvalue weighted by Gasteiger charge is 2.18. The third kappa shape index (κ3) is 4.99. The van der Waals surface area contributed by atoms with Crippen molar-refractivity contribution in [3.05, 3.63) is 57.5 Å². The number of rotatable bonds is 5. The van der Waals surface area contributed by atoms with Crippen molar-refractivity contribution in [3.8, 4) is 27.4 Å². The number of thiazole rings is 1. The molecule has 0 aliphatic carbocycles. The SMILES string of the molecule is Cc1cccc(C)c1-c1nc(Br)sc1-c1cccc(OCCC(C)(C)C)c1. The molecule has 0 unspecified atom stereocenters. The summed E-state index contributed by atoms with van der Waals surface area (Å²) in [6.45, 7) is 11.7. The molecular weight excluding hydrogens is 418 g/mol. The molecule has 142 valence electrons. The van der Waals surface area contributed by atoms with Gasteiger partial charge in [0.05, 0.1) is 17.2 Å². The van der Waals surface area contributed by atoms with Gasteiger partial charge in [0, 0.05) is 5.56 Å².